The molecule has 0 aromatic rings. The second kappa shape index (κ2) is 13.7. The zero-order chi connectivity index (χ0) is 28.5. The molecule has 6 unspecified atom stereocenters. The number of piperidine rings is 3. The summed E-state index contributed by atoms with van der Waals surface area (Å²) in [5.74, 6) is 0. The van der Waals surface area contributed by atoms with Crippen molar-refractivity contribution in [3.63, 3.8) is 0 Å². The van der Waals surface area contributed by atoms with E-state index in [1.165, 1.54) is 117 Å². The van der Waals surface area contributed by atoms with E-state index in [2.05, 4.69) is 85.5 Å². The lowest BCUT2D eigenvalue weighted by Crippen LogP contribution is -2.66. The highest BCUT2D eigenvalue weighted by Gasteiger charge is 2.38. The third-order valence-electron chi connectivity index (χ3n) is 11.8. The molecule has 10 nitrogen and oxygen atoms in total. The van der Waals surface area contributed by atoms with Crippen molar-refractivity contribution >= 4 is 0 Å². The molecule has 0 saturated carbocycles. The Bertz CT molecular complexity index is 767. The third-order valence-corrected chi connectivity index (χ3v) is 11.8. The number of likely N-dealkylation sites (N-methyl/N-ethyl adjacent to an activating group) is 4. The van der Waals surface area contributed by atoms with Gasteiger partial charge in [-0.1, -0.05) is 0 Å². The van der Waals surface area contributed by atoms with E-state index in [1.54, 1.807) is 0 Å². The van der Waals surface area contributed by atoms with Crippen LogP contribution in [0.25, 0.3) is 0 Å². The zero-order valence-electron chi connectivity index (χ0n) is 27.0. The van der Waals surface area contributed by atoms with Gasteiger partial charge >= 0.3 is 0 Å². The van der Waals surface area contributed by atoms with E-state index in [-0.39, 0.29) is 0 Å². The van der Waals surface area contributed by atoms with Crippen LogP contribution in [-0.2, 0) is 0 Å². The number of rotatable bonds is 0. The molecule has 14 aliphatic heterocycles. The largest absolute Gasteiger partial charge is 0.314 e. The van der Waals surface area contributed by atoms with Crippen LogP contribution in [0.1, 0.15) is 32.1 Å². The van der Waals surface area contributed by atoms with Crippen LogP contribution < -0.4 is 16.0 Å². The van der Waals surface area contributed by atoms with Crippen LogP contribution in [0, 0.1) is 0 Å². The molecule has 6 atom stereocenters. The van der Waals surface area contributed by atoms with Crippen LogP contribution in [0.5, 0.6) is 0 Å². The maximum absolute atomic E-state index is 3.47. The first-order valence-corrected chi connectivity index (χ1v) is 17.0. The molecule has 0 aromatic carbocycles. The van der Waals surface area contributed by atoms with Crippen molar-refractivity contribution in [3.8, 4) is 0 Å². The molecule has 14 saturated heterocycles. The number of hydrogen-bond acceptors (Lipinski definition) is 10. The standard InChI is InChI=1S/C7H14N2.4C6H12N2/c1-8-6-9-4-2-7(8)3-5-9;1-8-4-5-2-6(8)3-7-5;1-8-3-5-2-6(4-8)7-5;1-8-5-2-6(8)4-7-3-5;1-7-2-3-8-4-6(7)5-8/h7H,2-6H2,1H3;3*5-7H,2-4H2,1H3;6H,2-5H2,1H3. The first kappa shape index (κ1) is 30.6. The van der Waals surface area contributed by atoms with Crippen molar-refractivity contribution in [2.24, 2.45) is 0 Å². The van der Waals surface area contributed by atoms with Gasteiger partial charge in [0.15, 0.2) is 0 Å². The molecule has 0 amide bonds. The predicted octanol–water partition coefficient (Wildman–Crippen LogP) is -1.04. The second-order valence-corrected chi connectivity index (χ2v) is 15.0. The van der Waals surface area contributed by atoms with E-state index in [1.807, 2.05) is 0 Å². The fourth-order valence-electron chi connectivity index (χ4n) is 8.60. The second-order valence-electron chi connectivity index (χ2n) is 15.0. The SMILES string of the molecule is CN1C2CNCC1C2.CN1CC2CC(C1)N2.CN1CC2CC1CN2.CN1CCN2CC1C2.CN1CN2CCC1CC2. The van der Waals surface area contributed by atoms with Gasteiger partial charge in [-0.15, -0.1) is 0 Å². The van der Waals surface area contributed by atoms with E-state index < -0.39 is 0 Å². The van der Waals surface area contributed by atoms with E-state index >= 15 is 0 Å². The fraction of sp³-hybridized carbons (Fsp3) is 1.00. The molecule has 0 radical (unpaired) electrons. The van der Waals surface area contributed by atoms with E-state index in [9.17, 15) is 0 Å². The molecular formula is C31H62N10. The van der Waals surface area contributed by atoms with E-state index in [0.29, 0.717) is 0 Å². The summed E-state index contributed by atoms with van der Waals surface area (Å²) >= 11 is 0. The van der Waals surface area contributed by atoms with Gasteiger partial charge < -0.3 is 25.8 Å². The van der Waals surface area contributed by atoms with Gasteiger partial charge in [0.05, 0.1) is 6.67 Å². The molecule has 0 spiro atoms. The highest BCUT2D eigenvalue weighted by atomic mass is 15.4. The van der Waals surface area contributed by atoms with Crippen molar-refractivity contribution in [1.82, 2.24) is 50.2 Å². The van der Waals surface area contributed by atoms with Gasteiger partial charge in [0.2, 0.25) is 0 Å². The van der Waals surface area contributed by atoms with Crippen molar-refractivity contribution in [3.05, 3.63) is 0 Å². The summed E-state index contributed by atoms with van der Waals surface area (Å²) in [6.45, 7) is 16.6. The lowest BCUT2D eigenvalue weighted by Gasteiger charge is -2.51. The minimum absolute atomic E-state index is 0.824. The first-order valence-electron chi connectivity index (χ1n) is 17.0. The number of piperazine rings is 5. The molecule has 14 rings (SSSR count). The minimum atomic E-state index is 0.824. The topological polar surface area (TPSA) is 58.8 Å². The van der Waals surface area contributed by atoms with E-state index in [0.717, 1.165) is 48.3 Å². The Morgan fingerprint density at radius 3 is 1.44 bits per heavy atom. The summed E-state index contributed by atoms with van der Waals surface area (Å²) in [7, 11) is 11.1. The van der Waals surface area contributed by atoms with Crippen LogP contribution >= 0.6 is 0 Å². The summed E-state index contributed by atoms with van der Waals surface area (Å²) in [6, 6.07) is 6.91. The lowest BCUT2D eigenvalue weighted by molar-refractivity contribution is -0.00937. The van der Waals surface area contributed by atoms with Gasteiger partial charge in [-0.05, 0) is 67.3 Å². The highest BCUT2D eigenvalue weighted by Crippen LogP contribution is 2.25. The van der Waals surface area contributed by atoms with Crippen LogP contribution in [0.4, 0.5) is 0 Å². The van der Waals surface area contributed by atoms with Crippen molar-refractivity contribution in [1.29, 1.82) is 0 Å². The minimum Gasteiger partial charge on any atom is -0.314 e. The molecule has 14 aliphatic rings. The average Bonchev–Trinajstić information content (AvgIpc) is 3.57. The number of nitrogens with one attached hydrogen (secondary N) is 3. The number of hydrogen-bond donors (Lipinski definition) is 3. The van der Waals surface area contributed by atoms with Crippen molar-refractivity contribution in [2.75, 3.05) is 120 Å². The Morgan fingerprint density at radius 2 is 1.20 bits per heavy atom. The Labute approximate surface area is 251 Å². The number of fused-ring (bicyclic) bond motifs is 11. The van der Waals surface area contributed by atoms with Crippen LogP contribution in [-0.4, -0.2) is 203 Å². The molecule has 41 heavy (non-hydrogen) atoms. The Balaban J connectivity index is 0.0000000922. The summed E-state index contributed by atoms with van der Waals surface area (Å²) in [5, 5.41) is 10.3. The number of nitrogens with zero attached hydrogens (tertiary/aromatic N) is 7. The molecule has 10 bridgehead atoms. The van der Waals surface area contributed by atoms with Gasteiger partial charge in [0, 0.05) is 127 Å². The Morgan fingerprint density at radius 1 is 0.512 bits per heavy atom. The van der Waals surface area contributed by atoms with Crippen LogP contribution in [0.3, 0.4) is 0 Å². The van der Waals surface area contributed by atoms with Gasteiger partial charge in [-0.25, -0.2) is 0 Å². The predicted molar refractivity (Wildman–Crippen MR) is 169 cm³/mol. The molecule has 14 heterocycles. The van der Waals surface area contributed by atoms with Crippen LogP contribution in [0.15, 0.2) is 0 Å². The molecule has 236 valence electrons. The summed E-state index contributed by atoms with van der Waals surface area (Å²) < 4.78 is 0. The maximum Gasteiger partial charge on any atom is 0.0506 e. The molecule has 0 aliphatic carbocycles. The Kier molecular flexibility index (Phi) is 10.2. The molecule has 0 aromatic heterocycles. The molecule has 10 heteroatoms. The zero-order valence-corrected chi connectivity index (χ0v) is 27.0. The lowest BCUT2D eigenvalue weighted by atomic mass is 9.90. The molecule has 14 fully saturated rings. The smallest absolute Gasteiger partial charge is 0.0506 e. The summed E-state index contributed by atoms with van der Waals surface area (Å²) in [4.78, 5) is 17.3. The van der Waals surface area contributed by atoms with Crippen molar-refractivity contribution in [2.45, 2.75) is 80.4 Å². The van der Waals surface area contributed by atoms with Crippen LogP contribution in [0.2, 0.25) is 0 Å². The van der Waals surface area contributed by atoms with Gasteiger partial charge in [-0.2, -0.15) is 0 Å². The average molecular weight is 575 g/mol. The van der Waals surface area contributed by atoms with E-state index in [4.69, 9.17) is 0 Å². The van der Waals surface area contributed by atoms with Gasteiger partial charge in [-0.3, -0.25) is 24.5 Å². The highest BCUT2D eigenvalue weighted by molar-refractivity contribution is 4.98. The first-order chi connectivity index (χ1) is 19.8. The Hall–Kier alpha value is -0.400. The fourth-order valence-corrected chi connectivity index (χ4v) is 8.60. The summed E-state index contributed by atoms with van der Waals surface area (Å²) in [6.07, 6.45) is 7.04. The number of likely N-dealkylation sites (tertiary alicyclic amines) is 1. The van der Waals surface area contributed by atoms with Gasteiger partial charge in [0.25, 0.3) is 0 Å². The quantitative estimate of drug-likeness (QED) is 0.335. The molecular weight excluding hydrogens is 512 g/mol. The van der Waals surface area contributed by atoms with Gasteiger partial charge in [0.1, 0.15) is 0 Å². The maximum atomic E-state index is 3.47. The monoisotopic (exact) mass is 575 g/mol. The molecule has 3 N–H and O–H groups in total. The summed E-state index contributed by atoms with van der Waals surface area (Å²) in [5.41, 5.74) is 0. The third kappa shape index (κ3) is 7.64. The normalized spacial score (nSPS) is 45.6. The van der Waals surface area contributed by atoms with Crippen molar-refractivity contribution < 1.29 is 0 Å².